The third kappa shape index (κ3) is 3.76. The molecule has 1 saturated carbocycles. The lowest BCUT2D eigenvalue weighted by molar-refractivity contribution is -0.142. The average molecular weight is 413 g/mol. The van der Waals surface area contributed by atoms with Gasteiger partial charge in [0.25, 0.3) is 11.5 Å². The van der Waals surface area contributed by atoms with E-state index < -0.39 is 58.7 Å². The molecule has 0 aromatic carbocycles. The predicted molar refractivity (Wildman–Crippen MR) is 94.8 cm³/mol. The Kier molecular flexibility index (Phi) is 5.24. The number of aryl methyl sites for hydroxylation is 1. The van der Waals surface area contributed by atoms with Gasteiger partial charge in [-0.05, 0) is 30.4 Å². The molecule has 3 N–H and O–H groups in total. The van der Waals surface area contributed by atoms with Gasteiger partial charge >= 0.3 is 12.1 Å². The number of aliphatic carboxylic acids is 1. The molecule has 0 radical (unpaired) electrons. The van der Waals surface area contributed by atoms with Gasteiger partial charge in [0.05, 0.1) is 5.39 Å². The minimum Gasteiger partial charge on any atom is -0.506 e. The van der Waals surface area contributed by atoms with Crippen LogP contribution in [0.2, 0.25) is 0 Å². The molecular formula is C18H18F3N3O5. The number of amides is 1. The number of nitrogens with zero attached hydrogens (tertiary/aromatic N) is 2. The highest BCUT2D eigenvalue weighted by molar-refractivity contribution is 6.02. The molecular weight excluding hydrogens is 395 g/mol. The molecule has 3 rings (SSSR count). The summed E-state index contributed by atoms with van der Waals surface area (Å²) in [6.07, 6.45) is -2.15. The van der Waals surface area contributed by atoms with E-state index in [1.165, 1.54) is 0 Å². The van der Waals surface area contributed by atoms with Crippen LogP contribution in [0.15, 0.2) is 10.9 Å². The Morgan fingerprint density at radius 1 is 1.31 bits per heavy atom. The fraction of sp³-hybridized carbons (Fsp3) is 0.444. The van der Waals surface area contributed by atoms with E-state index in [0.29, 0.717) is 12.8 Å². The van der Waals surface area contributed by atoms with Crippen LogP contribution in [-0.4, -0.2) is 38.2 Å². The van der Waals surface area contributed by atoms with E-state index in [1.54, 1.807) is 0 Å². The van der Waals surface area contributed by atoms with Crippen LogP contribution >= 0.6 is 0 Å². The predicted octanol–water partition coefficient (Wildman–Crippen LogP) is 2.13. The van der Waals surface area contributed by atoms with Crippen LogP contribution in [0.5, 0.6) is 5.75 Å². The van der Waals surface area contributed by atoms with Crippen molar-refractivity contribution in [1.82, 2.24) is 14.9 Å². The van der Waals surface area contributed by atoms with Crippen molar-refractivity contribution < 1.29 is 33.0 Å². The molecule has 1 fully saturated rings. The van der Waals surface area contributed by atoms with Crippen molar-refractivity contribution in [3.05, 3.63) is 33.2 Å². The number of carboxylic acid groups (broad SMARTS) is 1. The van der Waals surface area contributed by atoms with Gasteiger partial charge in [0.1, 0.15) is 29.2 Å². The second-order valence-electron chi connectivity index (χ2n) is 6.94. The van der Waals surface area contributed by atoms with E-state index in [2.05, 4.69) is 4.98 Å². The number of nitrogens with one attached hydrogen (secondary N) is 1. The fourth-order valence-electron chi connectivity index (χ4n) is 3.67. The van der Waals surface area contributed by atoms with Gasteiger partial charge in [0.2, 0.25) is 0 Å². The molecule has 0 spiro atoms. The van der Waals surface area contributed by atoms with Crippen molar-refractivity contribution in [2.75, 3.05) is 6.54 Å². The number of carboxylic acids is 1. The molecule has 0 unspecified atom stereocenters. The van der Waals surface area contributed by atoms with Crippen LogP contribution < -0.4 is 10.9 Å². The molecule has 0 bridgehead atoms. The topological polar surface area (TPSA) is 122 Å². The van der Waals surface area contributed by atoms with Crippen molar-refractivity contribution >= 4 is 22.9 Å². The number of aromatic hydroxyl groups is 1. The Bertz CT molecular complexity index is 1060. The third-order valence-corrected chi connectivity index (χ3v) is 5.05. The first-order valence-electron chi connectivity index (χ1n) is 8.86. The SMILES string of the molecule is Cn1c(=O)c(C(=O)NCC(=O)O)c(O)c2cc(C3CCCC3)c(C(F)(F)F)nc21. The van der Waals surface area contributed by atoms with Gasteiger partial charge in [-0.25, -0.2) is 4.98 Å². The van der Waals surface area contributed by atoms with E-state index in [0.717, 1.165) is 30.5 Å². The summed E-state index contributed by atoms with van der Waals surface area (Å²) < 4.78 is 41.6. The van der Waals surface area contributed by atoms with Gasteiger partial charge < -0.3 is 15.5 Å². The minimum absolute atomic E-state index is 0.0895. The highest BCUT2D eigenvalue weighted by Gasteiger charge is 2.39. The highest BCUT2D eigenvalue weighted by atomic mass is 19.4. The van der Waals surface area contributed by atoms with Crippen molar-refractivity contribution in [2.24, 2.45) is 7.05 Å². The van der Waals surface area contributed by atoms with E-state index >= 15 is 0 Å². The smallest absolute Gasteiger partial charge is 0.433 e. The molecule has 8 nitrogen and oxygen atoms in total. The fourth-order valence-corrected chi connectivity index (χ4v) is 3.67. The number of alkyl halides is 3. The Labute approximate surface area is 162 Å². The summed E-state index contributed by atoms with van der Waals surface area (Å²) in [5.41, 5.74) is -3.47. The van der Waals surface area contributed by atoms with Gasteiger partial charge in [-0.15, -0.1) is 0 Å². The van der Waals surface area contributed by atoms with Crippen molar-refractivity contribution in [3.63, 3.8) is 0 Å². The van der Waals surface area contributed by atoms with Crippen LogP contribution in [0.25, 0.3) is 11.0 Å². The van der Waals surface area contributed by atoms with E-state index in [9.17, 15) is 32.7 Å². The lowest BCUT2D eigenvalue weighted by atomic mass is 9.94. The molecule has 1 aliphatic rings. The summed E-state index contributed by atoms with van der Waals surface area (Å²) in [5.74, 6) is -3.74. The molecule has 11 heteroatoms. The summed E-state index contributed by atoms with van der Waals surface area (Å²) >= 11 is 0. The summed E-state index contributed by atoms with van der Waals surface area (Å²) in [6.45, 7) is -0.794. The van der Waals surface area contributed by atoms with E-state index in [1.807, 2.05) is 5.32 Å². The number of rotatable bonds is 4. The second kappa shape index (κ2) is 7.37. The average Bonchev–Trinajstić information content (AvgIpc) is 3.17. The quantitative estimate of drug-likeness (QED) is 0.706. The molecule has 2 aromatic heterocycles. The highest BCUT2D eigenvalue weighted by Crippen LogP contribution is 2.42. The summed E-state index contributed by atoms with van der Waals surface area (Å²) in [5, 5.41) is 21.0. The Hall–Kier alpha value is -3.11. The van der Waals surface area contributed by atoms with E-state index in [-0.39, 0.29) is 10.9 Å². The number of halogens is 3. The number of carbonyl (C=O) groups is 2. The lowest BCUT2D eigenvalue weighted by Gasteiger charge is -2.19. The van der Waals surface area contributed by atoms with Crippen molar-refractivity contribution in [1.29, 1.82) is 0 Å². The lowest BCUT2D eigenvalue weighted by Crippen LogP contribution is -2.35. The maximum Gasteiger partial charge on any atom is 0.433 e. The first-order valence-corrected chi connectivity index (χ1v) is 8.86. The molecule has 1 aliphatic carbocycles. The molecule has 2 heterocycles. The largest absolute Gasteiger partial charge is 0.506 e. The zero-order valence-electron chi connectivity index (χ0n) is 15.3. The third-order valence-electron chi connectivity index (χ3n) is 5.05. The zero-order valence-corrected chi connectivity index (χ0v) is 15.3. The number of pyridine rings is 2. The molecule has 2 aromatic rings. The summed E-state index contributed by atoms with van der Waals surface area (Å²) in [7, 11) is 1.13. The first kappa shape index (κ1) is 20.6. The number of aromatic nitrogens is 2. The summed E-state index contributed by atoms with van der Waals surface area (Å²) in [6, 6.07) is 1.13. The molecule has 156 valence electrons. The van der Waals surface area contributed by atoms with Gasteiger partial charge in [0.15, 0.2) is 0 Å². The molecule has 0 aliphatic heterocycles. The number of hydrogen-bond acceptors (Lipinski definition) is 5. The van der Waals surface area contributed by atoms with Crippen LogP contribution in [0.1, 0.15) is 53.2 Å². The maximum atomic E-state index is 13.6. The number of hydrogen-bond donors (Lipinski definition) is 3. The monoisotopic (exact) mass is 413 g/mol. The van der Waals surface area contributed by atoms with Crippen LogP contribution in [-0.2, 0) is 18.0 Å². The van der Waals surface area contributed by atoms with Crippen LogP contribution in [0.3, 0.4) is 0 Å². The zero-order chi connectivity index (χ0) is 21.5. The summed E-state index contributed by atoms with van der Waals surface area (Å²) in [4.78, 5) is 38.9. The normalized spacial score (nSPS) is 15.0. The number of fused-ring (bicyclic) bond motifs is 1. The Morgan fingerprint density at radius 2 is 1.93 bits per heavy atom. The van der Waals surface area contributed by atoms with Gasteiger partial charge in [0, 0.05) is 7.05 Å². The molecule has 29 heavy (non-hydrogen) atoms. The standard InChI is InChI=1S/C18H18F3N3O5/c1-24-15-10(13(27)12(17(24)29)16(28)22-7-11(25)26)6-9(8-4-2-3-5-8)14(23-15)18(19,20)21/h6,8,27H,2-5,7H2,1H3,(H,22,28)(H,25,26). The Morgan fingerprint density at radius 3 is 2.48 bits per heavy atom. The van der Waals surface area contributed by atoms with Crippen molar-refractivity contribution in [3.8, 4) is 5.75 Å². The van der Waals surface area contributed by atoms with Crippen molar-refractivity contribution in [2.45, 2.75) is 37.8 Å². The van der Waals surface area contributed by atoms with Gasteiger partial charge in [-0.3, -0.25) is 19.0 Å². The molecule has 0 saturated heterocycles. The second-order valence-corrected chi connectivity index (χ2v) is 6.94. The van der Waals surface area contributed by atoms with Crippen LogP contribution in [0.4, 0.5) is 13.2 Å². The first-order chi connectivity index (χ1) is 13.5. The van der Waals surface area contributed by atoms with Crippen LogP contribution in [0, 0.1) is 0 Å². The molecule has 0 atom stereocenters. The number of carbonyl (C=O) groups excluding carboxylic acids is 1. The molecule has 1 amide bonds. The minimum atomic E-state index is -4.75. The van der Waals surface area contributed by atoms with Gasteiger partial charge in [-0.1, -0.05) is 12.8 Å². The van der Waals surface area contributed by atoms with E-state index in [4.69, 9.17) is 5.11 Å². The Balaban J connectivity index is 2.27. The maximum absolute atomic E-state index is 13.6. The van der Waals surface area contributed by atoms with Gasteiger partial charge in [-0.2, -0.15) is 13.2 Å².